The van der Waals surface area contributed by atoms with Gasteiger partial charge >= 0.3 is 0 Å². The van der Waals surface area contributed by atoms with E-state index in [1.165, 1.54) is 10.5 Å². The number of carbonyl (C=O) groups is 2. The van der Waals surface area contributed by atoms with Gasteiger partial charge in [0.05, 0.1) is 24.1 Å². The third-order valence-electron chi connectivity index (χ3n) is 6.92. The summed E-state index contributed by atoms with van der Waals surface area (Å²) in [5.41, 5.74) is 2.90. The second-order valence-corrected chi connectivity index (χ2v) is 9.04. The smallest absolute Gasteiger partial charge is 0.233 e. The van der Waals surface area contributed by atoms with Crippen LogP contribution in [0.15, 0.2) is 52.1 Å². The third-order valence-corrected chi connectivity index (χ3v) is 6.92. The molecule has 1 saturated carbocycles. The third kappa shape index (κ3) is 4.05. The lowest BCUT2D eigenvalue weighted by Gasteiger charge is -2.17. The standard InChI is InChI=1S/C25H29N5O3/c1-15-4-6-16(7-5-15)22-29-19(14-33-22)13-28-25(26-2)27-10-3-11-30-23(31)20-17-8-9-18(12-17)21(20)24(30)32/h4-9,14,17-18,20-21H,3,10-13H2,1-2H3,(H2,26,27,28). The van der Waals surface area contributed by atoms with Crippen LogP contribution in [0.4, 0.5) is 0 Å². The van der Waals surface area contributed by atoms with Gasteiger partial charge in [0.25, 0.3) is 0 Å². The number of aliphatic imine (C=N–C) groups is 1. The van der Waals surface area contributed by atoms with Crippen molar-refractivity contribution in [3.63, 3.8) is 0 Å². The molecular weight excluding hydrogens is 418 g/mol. The fourth-order valence-electron chi connectivity index (χ4n) is 5.24. The number of nitrogens with one attached hydrogen (secondary N) is 2. The van der Waals surface area contributed by atoms with Crippen LogP contribution in [-0.2, 0) is 16.1 Å². The van der Waals surface area contributed by atoms with Crippen molar-refractivity contribution >= 4 is 17.8 Å². The van der Waals surface area contributed by atoms with Crippen LogP contribution in [0.5, 0.6) is 0 Å². The van der Waals surface area contributed by atoms with E-state index in [0.29, 0.717) is 37.9 Å². The molecule has 172 valence electrons. The summed E-state index contributed by atoms with van der Waals surface area (Å²) in [6, 6.07) is 8.03. The number of benzene rings is 1. The molecule has 2 amide bonds. The maximum atomic E-state index is 12.8. The Labute approximate surface area is 193 Å². The van der Waals surface area contributed by atoms with Gasteiger partial charge in [-0.1, -0.05) is 29.8 Å². The number of oxazole rings is 1. The number of aryl methyl sites for hydroxylation is 1. The first-order chi connectivity index (χ1) is 16.0. The second kappa shape index (κ2) is 8.84. The summed E-state index contributed by atoms with van der Waals surface area (Å²) in [5.74, 6) is 1.51. The molecule has 4 atom stereocenters. The average molecular weight is 448 g/mol. The summed E-state index contributed by atoms with van der Waals surface area (Å²) in [4.78, 5) is 35.7. The topological polar surface area (TPSA) is 99.8 Å². The predicted octanol–water partition coefficient (Wildman–Crippen LogP) is 2.51. The van der Waals surface area contributed by atoms with Gasteiger partial charge in [-0.25, -0.2) is 4.98 Å². The summed E-state index contributed by atoms with van der Waals surface area (Å²) < 4.78 is 5.60. The first-order valence-corrected chi connectivity index (χ1v) is 11.5. The quantitative estimate of drug-likeness (QED) is 0.222. The molecule has 3 aliphatic rings. The van der Waals surface area contributed by atoms with E-state index in [2.05, 4.69) is 32.8 Å². The molecular formula is C25H29N5O3. The highest BCUT2D eigenvalue weighted by Gasteiger charge is 2.58. The molecule has 5 rings (SSSR count). The van der Waals surface area contributed by atoms with Crippen molar-refractivity contribution in [2.45, 2.75) is 26.3 Å². The van der Waals surface area contributed by atoms with Crippen molar-refractivity contribution in [2.75, 3.05) is 20.1 Å². The Morgan fingerprint density at radius 2 is 1.82 bits per heavy atom. The average Bonchev–Trinajstić information content (AvgIpc) is 3.60. The number of amides is 2. The van der Waals surface area contributed by atoms with Crippen LogP contribution in [0.3, 0.4) is 0 Å². The highest BCUT2D eigenvalue weighted by molar-refractivity contribution is 6.06. The number of allylic oxidation sites excluding steroid dienone is 2. The van der Waals surface area contributed by atoms with Gasteiger partial charge in [-0.3, -0.25) is 19.5 Å². The molecule has 4 unspecified atom stereocenters. The maximum absolute atomic E-state index is 12.8. The summed E-state index contributed by atoms with van der Waals surface area (Å²) >= 11 is 0. The highest BCUT2D eigenvalue weighted by Crippen LogP contribution is 2.52. The molecule has 33 heavy (non-hydrogen) atoms. The minimum Gasteiger partial charge on any atom is -0.444 e. The van der Waals surface area contributed by atoms with Crippen LogP contribution in [0, 0.1) is 30.6 Å². The fraction of sp³-hybridized carbons (Fsp3) is 0.440. The molecule has 8 heteroatoms. The lowest BCUT2D eigenvalue weighted by Crippen LogP contribution is -2.39. The fourth-order valence-corrected chi connectivity index (χ4v) is 5.24. The molecule has 0 spiro atoms. The summed E-state index contributed by atoms with van der Waals surface area (Å²) in [6.45, 7) is 3.55. The lowest BCUT2D eigenvalue weighted by molar-refractivity contribution is -0.140. The monoisotopic (exact) mass is 447 g/mol. The molecule has 8 nitrogen and oxygen atoms in total. The highest BCUT2D eigenvalue weighted by atomic mass is 16.3. The number of fused-ring (bicyclic) bond motifs is 5. The number of hydrogen-bond acceptors (Lipinski definition) is 5. The molecule has 1 aromatic carbocycles. The van der Waals surface area contributed by atoms with Crippen molar-refractivity contribution in [3.05, 3.63) is 53.9 Å². The van der Waals surface area contributed by atoms with E-state index in [-0.39, 0.29) is 35.5 Å². The van der Waals surface area contributed by atoms with Crippen LogP contribution in [0.2, 0.25) is 0 Å². The molecule has 2 fully saturated rings. The Kier molecular flexibility index (Phi) is 5.74. The molecule has 2 aromatic rings. The molecule has 2 heterocycles. The van der Waals surface area contributed by atoms with Crippen LogP contribution in [0.1, 0.15) is 24.1 Å². The largest absolute Gasteiger partial charge is 0.444 e. The minimum absolute atomic E-state index is 0.0137. The summed E-state index contributed by atoms with van der Waals surface area (Å²) in [7, 11) is 1.70. The van der Waals surface area contributed by atoms with Gasteiger partial charge in [0, 0.05) is 25.7 Å². The van der Waals surface area contributed by atoms with E-state index < -0.39 is 0 Å². The number of aromatic nitrogens is 1. The Balaban J connectivity index is 1.07. The zero-order valence-electron chi connectivity index (χ0n) is 19.0. The van der Waals surface area contributed by atoms with Crippen LogP contribution < -0.4 is 10.6 Å². The SMILES string of the molecule is CN=C(NCCCN1C(=O)C2C3C=CC(C3)C2C1=O)NCc1coc(-c2ccc(C)cc2)n1. The summed E-state index contributed by atoms with van der Waals surface area (Å²) in [5, 5.41) is 6.46. The molecule has 2 N–H and O–H groups in total. The van der Waals surface area contributed by atoms with E-state index in [1.54, 1.807) is 13.3 Å². The zero-order valence-corrected chi connectivity index (χ0v) is 19.0. The van der Waals surface area contributed by atoms with E-state index in [1.807, 2.05) is 31.2 Å². The molecule has 2 aliphatic carbocycles. The van der Waals surface area contributed by atoms with Gasteiger partial charge < -0.3 is 15.1 Å². The van der Waals surface area contributed by atoms with E-state index in [0.717, 1.165) is 17.7 Å². The van der Waals surface area contributed by atoms with Crippen molar-refractivity contribution < 1.29 is 14.0 Å². The normalized spacial score (nSPS) is 25.8. The number of hydrogen-bond donors (Lipinski definition) is 2. The zero-order chi connectivity index (χ0) is 22.9. The number of nitrogens with zero attached hydrogens (tertiary/aromatic N) is 3. The Morgan fingerprint density at radius 3 is 2.48 bits per heavy atom. The molecule has 1 saturated heterocycles. The number of guanidine groups is 1. The van der Waals surface area contributed by atoms with Crippen LogP contribution in [0.25, 0.3) is 11.5 Å². The van der Waals surface area contributed by atoms with Gasteiger partial charge in [0.2, 0.25) is 17.7 Å². The Morgan fingerprint density at radius 1 is 1.12 bits per heavy atom. The van der Waals surface area contributed by atoms with Gasteiger partial charge in [-0.05, 0) is 43.7 Å². The first kappa shape index (κ1) is 21.4. The van der Waals surface area contributed by atoms with Crippen molar-refractivity contribution in [2.24, 2.45) is 28.7 Å². The second-order valence-electron chi connectivity index (χ2n) is 9.04. The predicted molar refractivity (Wildman–Crippen MR) is 124 cm³/mol. The summed E-state index contributed by atoms with van der Waals surface area (Å²) in [6.07, 6.45) is 7.51. The molecule has 2 bridgehead atoms. The maximum Gasteiger partial charge on any atom is 0.233 e. The van der Waals surface area contributed by atoms with E-state index >= 15 is 0 Å². The van der Waals surface area contributed by atoms with Gasteiger partial charge in [0.15, 0.2) is 5.96 Å². The number of likely N-dealkylation sites (tertiary alicyclic amines) is 1. The minimum atomic E-state index is -0.123. The van der Waals surface area contributed by atoms with E-state index in [9.17, 15) is 9.59 Å². The number of imide groups is 1. The number of rotatable bonds is 7. The first-order valence-electron chi connectivity index (χ1n) is 11.5. The number of carbonyl (C=O) groups excluding carboxylic acids is 2. The molecule has 1 aromatic heterocycles. The molecule has 0 radical (unpaired) electrons. The Bertz CT molecular complexity index is 1070. The molecule has 1 aliphatic heterocycles. The van der Waals surface area contributed by atoms with Crippen LogP contribution in [-0.4, -0.2) is 47.8 Å². The van der Waals surface area contributed by atoms with Gasteiger partial charge in [0.1, 0.15) is 6.26 Å². The van der Waals surface area contributed by atoms with Crippen molar-refractivity contribution in [1.29, 1.82) is 0 Å². The van der Waals surface area contributed by atoms with Crippen molar-refractivity contribution in [3.8, 4) is 11.5 Å². The van der Waals surface area contributed by atoms with Crippen molar-refractivity contribution in [1.82, 2.24) is 20.5 Å². The Hall–Kier alpha value is -3.42. The van der Waals surface area contributed by atoms with Gasteiger partial charge in [-0.15, -0.1) is 0 Å². The van der Waals surface area contributed by atoms with Gasteiger partial charge in [-0.2, -0.15) is 0 Å². The lowest BCUT2D eigenvalue weighted by atomic mass is 9.85. The van der Waals surface area contributed by atoms with E-state index in [4.69, 9.17) is 4.42 Å². The van der Waals surface area contributed by atoms with Crippen LogP contribution >= 0.6 is 0 Å².